The Labute approximate surface area is 372 Å². The van der Waals surface area contributed by atoms with Crippen LogP contribution in [0, 0.1) is 0 Å². The number of hydrogen-bond acceptors (Lipinski definition) is 10. The summed E-state index contributed by atoms with van der Waals surface area (Å²) in [6.07, 6.45) is 14.7. The topological polar surface area (TPSA) is 452 Å². The molecule has 22 heteroatoms. The van der Waals surface area contributed by atoms with Crippen LogP contribution >= 0.6 is 0 Å². The molecule has 3 aromatic carbocycles. The largest absolute Gasteiger partial charge is 0.545 e. The van der Waals surface area contributed by atoms with Crippen molar-refractivity contribution < 1.29 is 101 Å². The van der Waals surface area contributed by atoms with Crippen LogP contribution in [-0.2, 0) is 0 Å². The van der Waals surface area contributed by atoms with Crippen molar-refractivity contribution in [3.8, 4) is 33.6 Å². The van der Waals surface area contributed by atoms with Crippen molar-refractivity contribution in [1.82, 2.24) is 9.97 Å². The Morgan fingerprint density at radius 2 is 0.667 bits per heavy atom. The maximum absolute atomic E-state index is 11.0. The summed E-state index contributed by atoms with van der Waals surface area (Å²) in [5.41, 5.74) is 2.91. The second-order valence-corrected chi connectivity index (χ2v) is 12.3. The van der Waals surface area contributed by atoms with E-state index in [1.807, 2.05) is 94.6 Å². The summed E-state index contributed by atoms with van der Waals surface area (Å²) >= 11 is 0. The van der Waals surface area contributed by atoms with E-state index in [4.69, 9.17) is 20.4 Å². The van der Waals surface area contributed by atoms with E-state index < -0.39 is 58.1 Å². The molecular formula is C44H42N4O18. The minimum atomic E-state index is -1.94. The number of aromatic nitrogens is 4. The highest BCUT2D eigenvalue weighted by Crippen LogP contribution is 2.19. The molecule has 4 heterocycles. The average molecular weight is 915 g/mol. The molecule has 22 nitrogen and oxygen atoms in total. The van der Waals surface area contributed by atoms with Gasteiger partial charge in [0.15, 0.2) is 24.8 Å². The van der Waals surface area contributed by atoms with Crippen molar-refractivity contribution in [2.45, 2.75) is 0 Å². The summed E-state index contributed by atoms with van der Waals surface area (Å²) in [4.78, 5) is 72.8. The van der Waals surface area contributed by atoms with Gasteiger partial charge < -0.3 is 73.1 Å². The zero-order chi connectivity index (χ0) is 43.3. The zero-order valence-electron chi connectivity index (χ0n) is 33.9. The summed E-state index contributed by atoms with van der Waals surface area (Å²) in [5.74, 6) is -9.17. The number of aromatic carboxylic acids is 6. The number of rotatable bonds is 10. The van der Waals surface area contributed by atoms with Crippen LogP contribution < -0.4 is 19.3 Å². The van der Waals surface area contributed by atoms with Crippen molar-refractivity contribution in [1.29, 1.82) is 0 Å². The molecule has 346 valence electrons. The zero-order valence-corrected chi connectivity index (χ0v) is 33.9. The molecule has 0 bridgehead atoms. The maximum atomic E-state index is 11.0. The molecule has 0 aliphatic heterocycles. The predicted molar refractivity (Wildman–Crippen MR) is 227 cm³/mol. The highest BCUT2D eigenvalue weighted by atomic mass is 16.4. The Hall–Kier alpha value is -9.16. The Morgan fingerprint density at radius 1 is 0.379 bits per heavy atom. The number of pyridine rings is 4. The second kappa shape index (κ2) is 27.0. The summed E-state index contributed by atoms with van der Waals surface area (Å²) in [5, 5.41) is 56.8. The van der Waals surface area contributed by atoms with E-state index >= 15 is 0 Å². The number of hydrogen-bond donors (Lipinski definition) is 4. The molecule has 0 aliphatic rings. The monoisotopic (exact) mass is 914 g/mol. The van der Waals surface area contributed by atoms with E-state index in [1.54, 1.807) is 61.2 Å². The van der Waals surface area contributed by atoms with Crippen molar-refractivity contribution in [2.24, 2.45) is 0 Å². The molecular weight excluding hydrogens is 872 g/mol. The van der Waals surface area contributed by atoms with Crippen LogP contribution in [-0.4, -0.2) is 99.1 Å². The summed E-state index contributed by atoms with van der Waals surface area (Å²) in [6, 6.07) is 30.3. The highest BCUT2D eigenvalue weighted by molar-refractivity contribution is 6.08. The average Bonchev–Trinajstić information content (AvgIpc) is 3.27. The van der Waals surface area contributed by atoms with Crippen LogP contribution in [0.5, 0.6) is 0 Å². The number of carboxylic acids is 6. The van der Waals surface area contributed by atoms with Crippen LogP contribution in [0.3, 0.4) is 0 Å². The summed E-state index contributed by atoms with van der Waals surface area (Å²) in [6.45, 7) is 0. The van der Waals surface area contributed by atoms with Gasteiger partial charge in [-0.25, -0.2) is 19.2 Å². The van der Waals surface area contributed by atoms with Gasteiger partial charge in [0.2, 0.25) is 11.4 Å². The van der Waals surface area contributed by atoms with Crippen LogP contribution in [0.15, 0.2) is 159 Å². The third-order valence-electron chi connectivity index (χ3n) is 8.53. The van der Waals surface area contributed by atoms with Gasteiger partial charge >= 0.3 is 23.9 Å². The number of carbonyl (C=O) groups is 6. The van der Waals surface area contributed by atoms with Gasteiger partial charge in [-0.05, 0) is 70.8 Å². The van der Waals surface area contributed by atoms with E-state index in [-0.39, 0.29) is 44.0 Å². The summed E-state index contributed by atoms with van der Waals surface area (Å²) in [7, 11) is 0. The molecule has 0 aliphatic carbocycles. The van der Waals surface area contributed by atoms with Crippen LogP contribution in [0.1, 0.15) is 62.1 Å². The molecule has 0 radical (unpaired) electrons. The van der Waals surface area contributed by atoms with Gasteiger partial charge in [0.05, 0.1) is 34.2 Å². The number of nitrogens with zero attached hydrogens (tertiary/aromatic N) is 4. The van der Waals surface area contributed by atoms with Crippen LogP contribution in [0.4, 0.5) is 0 Å². The second-order valence-electron chi connectivity index (χ2n) is 12.3. The van der Waals surface area contributed by atoms with E-state index in [0.29, 0.717) is 12.1 Å². The number of carbonyl (C=O) groups excluding carboxylic acids is 2. The van der Waals surface area contributed by atoms with Gasteiger partial charge in [-0.2, -0.15) is 9.13 Å². The minimum absolute atomic E-state index is 0. The molecule has 0 spiro atoms. The van der Waals surface area contributed by atoms with Crippen LogP contribution in [0.2, 0.25) is 0 Å². The van der Waals surface area contributed by atoms with Gasteiger partial charge in [0.1, 0.15) is 0 Å². The molecule has 0 saturated carbocycles. The highest BCUT2D eigenvalue weighted by Gasteiger charge is 2.20. The molecule has 0 atom stereocenters. The molecule has 0 unspecified atom stereocenters. The molecule has 0 fully saturated rings. The van der Waals surface area contributed by atoms with Crippen molar-refractivity contribution in [2.75, 3.05) is 0 Å². The first-order chi connectivity index (χ1) is 28.7. The van der Waals surface area contributed by atoms with Crippen molar-refractivity contribution in [3.05, 3.63) is 192 Å². The predicted octanol–water partition coefficient (Wildman–Crippen LogP) is -1.69. The molecule has 0 amide bonds. The number of benzene rings is 3. The quantitative estimate of drug-likeness (QED) is 0.111. The normalized spacial score (nSPS) is 9.21. The Bertz CT molecular complexity index is 2490. The molecule has 0 saturated heterocycles. The van der Waals surface area contributed by atoms with Gasteiger partial charge in [-0.1, -0.05) is 12.1 Å². The lowest BCUT2D eigenvalue weighted by atomic mass is 9.98. The third kappa shape index (κ3) is 15.0. The summed E-state index contributed by atoms with van der Waals surface area (Å²) < 4.78 is 3.77. The van der Waals surface area contributed by atoms with Gasteiger partial charge in [-0.15, -0.1) is 0 Å². The lowest BCUT2D eigenvalue weighted by Crippen LogP contribution is -2.29. The molecule has 4 aromatic heterocycles. The Morgan fingerprint density at radius 3 is 0.939 bits per heavy atom. The first-order valence-corrected chi connectivity index (χ1v) is 17.3. The first-order valence-electron chi connectivity index (χ1n) is 17.3. The van der Waals surface area contributed by atoms with E-state index in [1.165, 1.54) is 0 Å². The standard InChI is InChI=1S/2C17H12N2O2.C10H6O8.6H2O/c2*20-17(21)15-2-1-3-16(12-15)19-10-6-14(7-11-19)13-4-8-18-9-5-13;11-7(12)3-1-4(8(13)14)6(10(17)18)2-5(3)9(15)16;;;;;;/h2*1-12H;1-2H,(H,11,12)(H,13,14)(H,15,16)(H,17,18);6*1H2. The minimum Gasteiger partial charge on any atom is -0.545 e. The Balaban J connectivity index is 0. The molecule has 16 N–H and O–H groups in total. The lowest BCUT2D eigenvalue weighted by molar-refractivity contribution is -0.595. The van der Waals surface area contributed by atoms with Gasteiger partial charge in [0.25, 0.3) is 0 Å². The smallest absolute Gasteiger partial charge is 0.336 e. The molecule has 66 heavy (non-hydrogen) atoms. The van der Waals surface area contributed by atoms with Gasteiger partial charge in [0, 0.05) is 84.4 Å². The first kappa shape index (κ1) is 58.9. The molecule has 7 aromatic rings. The van der Waals surface area contributed by atoms with E-state index in [0.717, 1.165) is 33.6 Å². The van der Waals surface area contributed by atoms with E-state index in [2.05, 4.69) is 9.97 Å². The third-order valence-corrected chi connectivity index (χ3v) is 8.53. The maximum Gasteiger partial charge on any atom is 0.336 e. The Kier molecular flexibility index (Phi) is 24.1. The molecule has 7 rings (SSSR count). The van der Waals surface area contributed by atoms with E-state index in [9.17, 15) is 39.0 Å². The van der Waals surface area contributed by atoms with Crippen LogP contribution in [0.25, 0.3) is 33.6 Å². The SMILES string of the molecule is O.O.O.O.O.O.O=C(O)c1cccc(-[n+]2ccc(-c3ccncc3)cc2)c1.O=C(O)c1cccc(-[n+]2ccc(-c3ccncc3)cc2)c1.O=C([O-])c1cc(C(=O)[O-])c(C(=O)O)cc1C(=O)O. The lowest BCUT2D eigenvalue weighted by Gasteiger charge is -2.13. The van der Waals surface area contributed by atoms with Gasteiger partial charge in [-0.3, -0.25) is 9.97 Å². The fraction of sp³-hybridized carbons (Fsp3) is 0. The fourth-order valence-corrected chi connectivity index (χ4v) is 5.56. The van der Waals surface area contributed by atoms with Crippen molar-refractivity contribution >= 4 is 35.8 Å². The fourth-order valence-electron chi connectivity index (χ4n) is 5.56. The van der Waals surface area contributed by atoms with Crippen molar-refractivity contribution in [3.63, 3.8) is 0 Å². The number of carboxylic acid groups (broad SMARTS) is 6.